The molecule has 0 saturated heterocycles. The van der Waals surface area contributed by atoms with E-state index in [4.69, 9.17) is 0 Å². The fraction of sp³-hybridized carbons (Fsp3) is 0.600. The summed E-state index contributed by atoms with van der Waals surface area (Å²) in [7, 11) is 0. The van der Waals surface area contributed by atoms with Crippen LogP contribution in [-0.4, -0.2) is 34.5 Å². The molecule has 0 fully saturated rings. The summed E-state index contributed by atoms with van der Waals surface area (Å²) in [5.41, 5.74) is 0.812. The Morgan fingerprint density at radius 3 is 3.00 bits per heavy atom. The smallest absolute Gasteiger partial charge is 0.340 e. The van der Waals surface area contributed by atoms with E-state index in [-0.39, 0.29) is 5.56 Å². The third-order valence-electron chi connectivity index (χ3n) is 2.82. The van der Waals surface area contributed by atoms with Gasteiger partial charge in [-0.3, -0.25) is 9.48 Å². The molecule has 8 heteroatoms. The van der Waals surface area contributed by atoms with Crippen LogP contribution in [-0.2, 0) is 13.1 Å². The van der Waals surface area contributed by atoms with Gasteiger partial charge in [-0.1, -0.05) is 0 Å². The number of rotatable bonds is 2. The van der Waals surface area contributed by atoms with Crippen molar-refractivity contribution in [3.63, 3.8) is 0 Å². The highest BCUT2D eigenvalue weighted by Crippen LogP contribution is 2.20. The van der Waals surface area contributed by atoms with Gasteiger partial charge in [0.05, 0.1) is 24.0 Å². The minimum absolute atomic E-state index is 0.193. The van der Waals surface area contributed by atoms with Gasteiger partial charge >= 0.3 is 6.18 Å². The zero-order valence-electron chi connectivity index (χ0n) is 9.71. The number of aromatic nitrogens is 2. The first kappa shape index (κ1) is 12.9. The zero-order chi connectivity index (χ0) is 13.3. The van der Waals surface area contributed by atoms with Crippen LogP contribution in [0.1, 0.15) is 23.0 Å². The van der Waals surface area contributed by atoms with E-state index in [9.17, 15) is 18.0 Å². The van der Waals surface area contributed by atoms with Crippen LogP contribution in [0.5, 0.6) is 0 Å². The molecule has 1 aromatic rings. The minimum atomic E-state index is -4.44. The maximum absolute atomic E-state index is 12.3. The number of nitrogens with zero attached hydrogens (tertiary/aromatic N) is 2. The number of amides is 1. The fourth-order valence-electron chi connectivity index (χ4n) is 1.73. The van der Waals surface area contributed by atoms with Gasteiger partial charge in [-0.05, 0) is 6.92 Å². The van der Waals surface area contributed by atoms with Crippen molar-refractivity contribution in [3.05, 3.63) is 17.5 Å². The molecule has 0 bridgehead atoms. The summed E-state index contributed by atoms with van der Waals surface area (Å²) in [5.74, 6) is -0.746. The molecule has 2 heterocycles. The average Bonchev–Trinajstić information content (AvgIpc) is 2.71. The zero-order valence-corrected chi connectivity index (χ0v) is 9.71. The first-order valence-electron chi connectivity index (χ1n) is 5.52. The topological polar surface area (TPSA) is 59.0 Å². The number of hydrogen-bond acceptors (Lipinski definition) is 3. The van der Waals surface area contributed by atoms with E-state index in [0.717, 1.165) is 13.5 Å². The van der Waals surface area contributed by atoms with Gasteiger partial charge < -0.3 is 10.6 Å². The molecule has 5 nitrogen and oxygen atoms in total. The van der Waals surface area contributed by atoms with Crippen molar-refractivity contribution >= 4 is 5.91 Å². The molecule has 1 amide bonds. The van der Waals surface area contributed by atoms with Crippen molar-refractivity contribution in [3.8, 4) is 0 Å². The van der Waals surface area contributed by atoms with Gasteiger partial charge in [-0.15, -0.1) is 0 Å². The lowest BCUT2D eigenvalue weighted by molar-refractivity contribution is -0.149. The van der Waals surface area contributed by atoms with Gasteiger partial charge in [0.2, 0.25) is 0 Å². The largest absolute Gasteiger partial charge is 0.408 e. The van der Waals surface area contributed by atoms with Gasteiger partial charge in [0, 0.05) is 13.1 Å². The third-order valence-corrected chi connectivity index (χ3v) is 2.82. The molecule has 18 heavy (non-hydrogen) atoms. The quantitative estimate of drug-likeness (QED) is 0.823. The molecule has 2 N–H and O–H groups in total. The SMILES string of the molecule is CC(NC(=O)c1cnn2c1CNCC2)C(F)(F)F. The van der Waals surface area contributed by atoms with E-state index < -0.39 is 18.1 Å². The molecule has 1 aliphatic heterocycles. The molecule has 0 saturated carbocycles. The van der Waals surface area contributed by atoms with Gasteiger partial charge in [-0.25, -0.2) is 0 Å². The van der Waals surface area contributed by atoms with Crippen LogP contribution in [0.25, 0.3) is 0 Å². The van der Waals surface area contributed by atoms with Crippen molar-refractivity contribution in [2.75, 3.05) is 6.54 Å². The van der Waals surface area contributed by atoms with E-state index in [1.165, 1.54) is 6.20 Å². The molecule has 1 aliphatic rings. The van der Waals surface area contributed by atoms with E-state index >= 15 is 0 Å². The molecule has 1 unspecified atom stereocenters. The second-order valence-electron chi connectivity index (χ2n) is 4.14. The van der Waals surface area contributed by atoms with Crippen LogP contribution < -0.4 is 10.6 Å². The molecule has 0 spiro atoms. The van der Waals surface area contributed by atoms with Gasteiger partial charge in [0.1, 0.15) is 6.04 Å². The number of hydrogen-bond donors (Lipinski definition) is 2. The van der Waals surface area contributed by atoms with E-state index in [2.05, 4.69) is 10.4 Å². The predicted molar refractivity (Wildman–Crippen MR) is 56.9 cm³/mol. The molecule has 100 valence electrons. The fourth-order valence-corrected chi connectivity index (χ4v) is 1.73. The number of carbonyl (C=O) groups excluding carboxylic acids is 1. The summed E-state index contributed by atoms with van der Waals surface area (Å²) in [4.78, 5) is 11.7. The molecule has 0 aliphatic carbocycles. The van der Waals surface area contributed by atoms with Crippen molar-refractivity contribution < 1.29 is 18.0 Å². The Morgan fingerprint density at radius 2 is 2.33 bits per heavy atom. The van der Waals surface area contributed by atoms with E-state index in [1.807, 2.05) is 5.32 Å². The highest BCUT2D eigenvalue weighted by atomic mass is 19.4. The molecule has 2 rings (SSSR count). The maximum atomic E-state index is 12.3. The summed E-state index contributed by atoms with van der Waals surface area (Å²) in [5, 5.41) is 8.95. The Labute approximate surface area is 101 Å². The van der Waals surface area contributed by atoms with E-state index in [1.54, 1.807) is 4.68 Å². The Morgan fingerprint density at radius 1 is 1.61 bits per heavy atom. The molecular formula is C10H13F3N4O. The van der Waals surface area contributed by atoms with E-state index in [0.29, 0.717) is 18.8 Å². The standard InChI is InChI=1S/C10H13F3N4O/c1-6(10(11,12)13)16-9(18)7-4-15-17-3-2-14-5-8(7)17/h4,6,14H,2-3,5H2,1H3,(H,16,18). The van der Waals surface area contributed by atoms with Gasteiger partial charge in [0.15, 0.2) is 0 Å². The normalized spacial score (nSPS) is 17.1. The van der Waals surface area contributed by atoms with Crippen LogP contribution >= 0.6 is 0 Å². The van der Waals surface area contributed by atoms with Crippen LogP contribution in [0.3, 0.4) is 0 Å². The van der Waals surface area contributed by atoms with Crippen LogP contribution in [0, 0.1) is 0 Å². The Hall–Kier alpha value is -1.57. The third kappa shape index (κ3) is 2.47. The summed E-state index contributed by atoms with van der Waals surface area (Å²) >= 11 is 0. The minimum Gasteiger partial charge on any atom is -0.340 e. The van der Waals surface area contributed by atoms with Crippen LogP contribution in [0.2, 0.25) is 0 Å². The van der Waals surface area contributed by atoms with Crippen LogP contribution in [0.4, 0.5) is 13.2 Å². The lowest BCUT2D eigenvalue weighted by Crippen LogP contribution is -2.43. The number of carbonyl (C=O) groups is 1. The molecular weight excluding hydrogens is 249 g/mol. The second kappa shape index (κ2) is 4.60. The molecule has 0 aromatic carbocycles. The summed E-state index contributed by atoms with van der Waals surface area (Å²) < 4.78 is 38.7. The Bertz CT molecular complexity index is 454. The Balaban J connectivity index is 2.12. The summed E-state index contributed by atoms with van der Waals surface area (Å²) in [6.07, 6.45) is -3.14. The number of nitrogens with one attached hydrogen (secondary N) is 2. The average molecular weight is 262 g/mol. The molecule has 0 radical (unpaired) electrons. The number of halogens is 3. The first-order chi connectivity index (χ1) is 8.39. The predicted octanol–water partition coefficient (Wildman–Crippen LogP) is 0.667. The number of alkyl halides is 3. The van der Waals surface area contributed by atoms with Crippen LogP contribution in [0.15, 0.2) is 6.20 Å². The highest BCUT2D eigenvalue weighted by molar-refractivity contribution is 5.95. The number of fused-ring (bicyclic) bond motifs is 1. The van der Waals surface area contributed by atoms with Crippen molar-refractivity contribution in [1.29, 1.82) is 0 Å². The Kier molecular flexibility index (Phi) is 3.29. The summed E-state index contributed by atoms with van der Waals surface area (Å²) in [6, 6.07) is -1.88. The molecule has 1 atom stereocenters. The van der Waals surface area contributed by atoms with Crippen molar-refractivity contribution in [1.82, 2.24) is 20.4 Å². The second-order valence-corrected chi connectivity index (χ2v) is 4.14. The highest BCUT2D eigenvalue weighted by Gasteiger charge is 2.37. The van der Waals surface area contributed by atoms with Gasteiger partial charge in [0.25, 0.3) is 5.91 Å². The molecule has 1 aromatic heterocycles. The summed E-state index contributed by atoms with van der Waals surface area (Å²) in [6.45, 7) is 2.68. The monoisotopic (exact) mass is 262 g/mol. The lowest BCUT2D eigenvalue weighted by atomic mass is 10.2. The van der Waals surface area contributed by atoms with Crippen molar-refractivity contribution in [2.45, 2.75) is 32.2 Å². The maximum Gasteiger partial charge on any atom is 0.408 e. The van der Waals surface area contributed by atoms with Crippen molar-refractivity contribution in [2.24, 2.45) is 0 Å². The van der Waals surface area contributed by atoms with Gasteiger partial charge in [-0.2, -0.15) is 18.3 Å². The lowest BCUT2D eigenvalue weighted by Gasteiger charge is -2.19. The first-order valence-corrected chi connectivity index (χ1v) is 5.52.